The molecule has 0 radical (unpaired) electrons. The Hall–Kier alpha value is -1.72. The van der Waals surface area contributed by atoms with Crippen LogP contribution in [0, 0.1) is 0 Å². The highest BCUT2D eigenvalue weighted by atomic mass is 35.5. The molecule has 0 saturated heterocycles. The zero-order valence-electron chi connectivity index (χ0n) is 12.9. The number of carbonyl (C=O) groups excluding carboxylic acids is 2. The molecule has 1 aromatic rings. The zero-order valence-corrected chi connectivity index (χ0v) is 14.4. The van der Waals surface area contributed by atoms with Gasteiger partial charge in [0.1, 0.15) is 0 Å². The van der Waals surface area contributed by atoms with Crippen molar-refractivity contribution in [2.75, 3.05) is 6.61 Å². The molecule has 0 spiro atoms. The molecule has 23 heavy (non-hydrogen) atoms. The third kappa shape index (κ3) is 3.98. The molecule has 0 aromatic heterocycles. The molecule has 2 rings (SSSR count). The molecule has 2 amide bonds. The molecular weight excluding hydrogens is 339 g/mol. The molecule has 1 unspecified atom stereocenters. The quantitative estimate of drug-likeness (QED) is 0.784. The van der Waals surface area contributed by atoms with Crippen LogP contribution in [0.3, 0.4) is 0 Å². The number of benzene rings is 1. The Morgan fingerprint density at radius 3 is 2.61 bits per heavy atom. The van der Waals surface area contributed by atoms with Crippen molar-refractivity contribution in [1.29, 1.82) is 0 Å². The second-order valence-corrected chi connectivity index (χ2v) is 5.88. The van der Waals surface area contributed by atoms with E-state index in [0.717, 1.165) is 6.42 Å². The first-order valence-corrected chi connectivity index (χ1v) is 8.16. The third-order valence-electron chi connectivity index (χ3n) is 3.43. The topological polar surface area (TPSA) is 67.4 Å². The second-order valence-electron chi connectivity index (χ2n) is 5.07. The highest BCUT2D eigenvalue weighted by Crippen LogP contribution is 2.32. The van der Waals surface area contributed by atoms with Gasteiger partial charge in [-0.05, 0) is 31.0 Å². The van der Waals surface area contributed by atoms with Gasteiger partial charge in [0, 0.05) is 5.70 Å². The molecule has 5 nitrogen and oxygen atoms in total. The lowest BCUT2D eigenvalue weighted by molar-refractivity contribution is -0.139. The lowest BCUT2D eigenvalue weighted by Gasteiger charge is -2.29. The van der Waals surface area contributed by atoms with E-state index in [9.17, 15) is 9.59 Å². The Morgan fingerprint density at radius 2 is 2.00 bits per heavy atom. The van der Waals surface area contributed by atoms with Crippen molar-refractivity contribution in [2.45, 2.75) is 32.7 Å². The summed E-state index contributed by atoms with van der Waals surface area (Å²) >= 11 is 12.0. The number of carbonyl (C=O) groups is 2. The van der Waals surface area contributed by atoms with E-state index in [4.69, 9.17) is 27.9 Å². The van der Waals surface area contributed by atoms with E-state index in [1.54, 1.807) is 25.1 Å². The van der Waals surface area contributed by atoms with Crippen LogP contribution in [0.25, 0.3) is 0 Å². The van der Waals surface area contributed by atoms with Crippen LogP contribution in [-0.2, 0) is 9.53 Å². The van der Waals surface area contributed by atoms with E-state index in [1.165, 1.54) is 0 Å². The molecule has 7 heteroatoms. The number of rotatable bonds is 5. The maximum Gasteiger partial charge on any atom is 0.338 e. The highest BCUT2D eigenvalue weighted by Gasteiger charge is 2.33. The molecule has 0 aliphatic carbocycles. The van der Waals surface area contributed by atoms with Crippen LogP contribution < -0.4 is 10.6 Å². The Balaban J connectivity index is 2.51. The smallest absolute Gasteiger partial charge is 0.338 e. The Labute approximate surface area is 145 Å². The molecule has 0 saturated carbocycles. The number of ether oxygens (including phenoxy) is 1. The van der Waals surface area contributed by atoms with Crippen LogP contribution >= 0.6 is 23.2 Å². The Kier molecular flexibility index (Phi) is 5.91. The summed E-state index contributed by atoms with van der Waals surface area (Å²) in [6, 6.07) is 4.02. The molecule has 0 fully saturated rings. The van der Waals surface area contributed by atoms with Gasteiger partial charge in [0.2, 0.25) is 0 Å². The molecule has 2 N–H and O–H groups in total. The number of amides is 2. The predicted octanol–water partition coefficient (Wildman–Crippen LogP) is 3.96. The monoisotopic (exact) mass is 356 g/mol. The van der Waals surface area contributed by atoms with Gasteiger partial charge in [-0.25, -0.2) is 9.59 Å². The predicted molar refractivity (Wildman–Crippen MR) is 89.4 cm³/mol. The maximum atomic E-state index is 12.4. The van der Waals surface area contributed by atoms with E-state index in [1.807, 2.05) is 6.92 Å². The first-order chi connectivity index (χ1) is 11.0. The molecule has 1 aliphatic heterocycles. The van der Waals surface area contributed by atoms with Crippen LogP contribution in [0.2, 0.25) is 10.0 Å². The summed E-state index contributed by atoms with van der Waals surface area (Å²) in [5, 5.41) is 6.22. The fourth-order valence-corrected chi connectivity index (χ4v) is 2.76. The third-order valence-corrected chi connectivity index (χ3v) is 4.17. The fourth-order valence-electron chi connectivity index (χ4n) is 2.46. The van der Waals surface area contributed by atoms with E-state index >= 15 is 0 Å². The number of allylic oxidation sites excluding steroid dienone is 1. The van der Waals surface area contributed by atoms with E-state index < -0.39 is 12.0 Å². The number of esters is 1. The van der Waals surface area contributed by atoms with Gasteiger partial charge in [-0.3, -0.25) is 0 Å². The SMILES string of the molecule is CCCC1=C(C(=O)OCC)C(c2ccc(Cl)c(Cl)c2)NC(=O)N1. The normalized spacial score (nSPS) is 17.6. The summed E-state index contributed by atoms with van der Waals surface area (Å²) in [7, 11) is 0. The highest BCUT2D eigenvalue weighted by molar-refractivity contribution is 6.42. The Bertz CT molecular complexity index is 659. The number of hydrogen-bond acceptors (Lipinski definition) is 3. The van der Waals surface area contributed by atoms with Crippen molar-refractivity contribution < 1.29 is 14.3 Å². The second kappa shape index (κ2) is 7.70. The molecule has 1 aromatic carbocycles. The minimum atomic E-state index is -0.626. The average molecular weight is 357 g/mol. The van der Waals surface area contributed by atoms with Gasteiger partial charge in [-0.1, -0.05) is 42.6 Å². The van der Waals surface area contributed by atoms with Gasteiger partial charge >= 0.3 is 12.0 Å². The van der Waals surface area contributed by atoms with Crippen LogP contribution in [0.5, 0.6) is 0 Å². The summed E-state index contributed by atoms with van der Waals surface area (Å²) in [5.41, 5.74) is 1.64. The molecule has 124 valence electrons. The van der Waals surface area contributed by atoms with Crippen LogP contribution in [0.15, 0.2) is 29.5 Å². The van der Waals surface area contributed by atoms with Crippen molar-refractivity contribution in [3.8, 4) is 0 Å². The zero-order chi connectivity index (χ0) is 17.0. The van der Waals surface area contributed by atoms with Crippen molar-refractivity contribution in [3.63, 3.8) is 0 Å². The van der Waals surface area contributed by atoms with Gasteiger partial charge in [-0.15, -0.1) is 0 Å². The van der Waals surface area contributed by atoms with Crippen LogP contribution in [0.1, 0.15) is 38.3 Å². The van der Waals surface area contributed by atoms with Gasteiger partial charge in [-0.2, -0.15) is 0 Å². The number of nitrogens with one attached hydrogen (secondary N) is 2. The van der Waals surface area contributed by atoms with Crippen molar-refractivity contribution in [2.24, 2.45) is 0 Å². The summed E-state index contributed by atoms with van der Waals surface area (Å²) in [6.45, 7) is 3.96. The minimum absolute atomic E-state index is 0.254. The largest absolute Gasteiger partial charge is 0.463 e. The van der Waals surface area contributed by atoms with E-state index in [2.05, 4.69) is 10.6 Å². The van der Waals surface area contributed by atoms with Crippen molar-refractivity contribution in [1.82, 2.24) is 10.6 Å². The maximum absolute atomic E-state index is 12.4. The molecule has 1 heterocycles. The first-order valence-electron chi connectivity index (χ1n) is 7.40. The fraction of sp³-hybridized carbons (Fsp3) is 0.375. The number of halogens is 2. The van der Waals surface area contributed by atoms with Gasteiger partial charge in [0.05, 0.1) is 28.3 Å². The average Bonchev–Trinajstić information content (AvgIpc) is 2.50. The standard InChI is InChI=1S/C16H18Cl2N2O3/c1-3-5-12-13(15(21)23-4-2)14(20-16(22)19-12)9-6-7-10(17)11(18)8-9/h6-8,14H,3-5H2,1-2H3,(H2,19,20,22). The lowest BCUT2D eigenvalue weighted by Crippen LogP contribution is -2.46. The van der Waals surface area contributed by atoms with Gasteiger partial charge < -0.3 is 15.4 Å². The van der Waals surface area contributed by atoms with Crippen LogP contribution in [0.4, 0.5) is 4.79 Å². The first kappa shape index (κ1) is 17.6. The summed E-state index contributed by atoms with van der Waals surface area (Å²) in [6.07, 6.45) is 1.35. The van der Waals surface area contributed by atoms with E-state index in [-0.39, 0.29) is 12.6 Å². The summed E-state index contributed by atoms with van der Waals surface area (Å²) in [4.78, 5) is 24.3. The summed E-state index contributed by atoms with van der Waals surface area (Å²) < 4.78 is 5.15. The molecule has 1 aliphatic rings. The molecule has 0 bridgehead atoms. The van der Waals surface area contributed by atoms with Crippen molar-refractivity contribution >= 4 is 35.2 Å². The summed E-state index contributed by atoms with van der Waals surface area (Å²) in [5.74, 6) is -0.459. The van der Waals surface area contributed by atoms with Crippen molar-refractivity contribution in [3.05, 3.63) is 45.1 Å². The molecular formula is C16H18Cl2N2O3. The van der Waals surface area contributed by atoms with Gasteiger partial charge in [0.25, 0.3) is 0 Å². The lowest BCUT2D eigenvalue weighted by atomic mass is 9.94. The minimum Gasteiger partial charge on any atom is -0.463 e. The number of hydrogen-bond donors (Lipinski definition) is 2. The molecule has 1 atom stereocenters. The number of urea groups is 1. The van der Waals surface area contributed by atoms with Gasteiger partial charge in [0.15, 0.2) is 0 Å². The van der Waals surface area contributed by atoms with E-state index in [0.29, 0.717) is 33.3 Å². The van der Waals surface area contributed by atoms with Crippen LogP contribution in [-0.4, -0.2) is 18.6 Å². The Morgan fingerprint density at radius 1 is 1.26 bits per heavy atom.